The lowest BCUT2D eigenvalue weighted by Gasteiger charge is -2.11. The maximum absolute atomic E-state index is 4.27. The summed E-state index contributed by atoms with van der Waals surface area (Å²) in [7, 11) is 0. The van der Waals surface area contributed by atoms with E-state index in [1.807, 2.05) is 10.9 Å². The van der Waals surface area contributed by atoms with Crippen molar-refractivity contribution in [2.45, 2.75) is 33.7 Å². The Balaban J connectivity index is 2.23. The lowest BCUT2D eigenvalue weighted by atomic mass is 10.2. The summed E-state index contributed by atoms with van der Waals surface area (Å²) < 4.78 is 2.02. The van der Waals surface area contributed by atoms with E-state index in [2.05, 4.69) is 37.4 Å². The van der Waals surface area contributed by atoms with E-state index >= 15 is 0 Å². The van der Waals surface area contributed by atoms with Crippen molar-refractivity contribution in [1.29, 1.82) is 0 Å². The Bertz CT molecular complexity index is 255. The van der Waals surface area contributed by atoms with Gasteiger partial charge in [0.15, 0.2) is 0 Å². The Hall–Kier alpha value is -0.830. The van der Waals surface area contributed by atoms with Crippen molar-refractivity contribution >= 4 is 0 Å². The summed E-state index contributed by atoms with van der Waals surface area (Å²) in [5, 5.41) is 7.69. The molecular formula is C11H21N3. The molecule has 1 atom stereocenters. The number of nitrogens with zero attached hydrogens (tertiary/aromatic N) is 2. The van der Waals surface area contributed by atoms with E-state index in [1.165, 1.54) is 12.0 Å². The molecule has 0 saturated carbocycles. The van der Waals surface area contributed by atoms with Gasteiger partial charge in [0.2, 0.25) is 0 Å². The van der Waals surface area contributed by atoms with Gasteiger partial charge in [-0.15, -0.1) is 0 Å². The van der Waals surface area contributed by atoms with Gasteiger partial charge >= 0.3 is 0 Å². The van der Waals surface area contributed by atoms with Gasteiger partial charge < -0.3 is 5.32 Å². The van der Waals surface area contributed by atoms with Gasteiger partial charge in [0.05, 0.1) is 6.20 Å². The first-order valence-corrected chi connectivity index (χ1v) is 5.42. The van der Waals surface area contributed by atoms with Gasteiger partial charge in [0.25, 0.3) is 0 Å². The van der Waals surface area contributed by atoms with E-state index in [0.29, 0.717) is 5.92 Å². The second-order valence-electron chi connectivity index (χ2n) is 4.05. The second kappa shape index (κ2) is 5.81. The highest BCUT2D eigenvalue weighted by molar-refractivity contribution is 4.99. The molecule has 0 radical (unpaired) electrons. The molecule has 0 aliphatic carbocycles. The highest BCUT2D eigenvalue weighted by Gasteiger charge is 2.02. The van der Waals surface area contributed by atoms with Crippen LogP contribution < -0.4 is 5.32 Å². The minimum absolute atomic E-state index is 0.640. The van der Waals surface area contributed by atoms with Crippen LogP contribution in [0.5, 0.6) is 0 Å². The van der Waals surface area contributed by atoms with Crippen LogP contribution >= 0.6 is 0 Å². The first kappa shape index (κ1) is 11.2. The van der Waals surface area contributed by atoms with Crippen molar-refractivity contribution in [3.05, 3.63) is 18.0 Å². The summed E-state index contributed by atoms with van der Waals surface area (Å²) in [6, 6.07) is 0. The molecule has 1 aromatic rings. The molecule has 0 spiro atoms. The fraction of sp³-hybridized carbons (Fsp3) is 0.727. The summed E-state index contributed by atoms with van der Waals surface area (Å²) in [6.45, 7) is 9.71. The summed E-state index contributed by atoms with van der Waals surface area (Å²) >= 11 is 0. The van der Waals surface area contributed by atoms with E-state index in [9.17, 15) is 0 Å². The molecule has 1 unspecified atom stereocenters. The molecule has 3 nitrogen and oxygen atoms in total. The van der Waals surface area contributed by atoms with Crippen molar-refractivity contribution in [3.63, 3.8) is 0 Å². The lowest BCUT2D eigenvalue weighted by Crippen LogP contribution is -2.24. The molecule has 3 heteroatoms. The van der Waals surface area contributed by atoms with Crippen LogP contribution in [0.25, 0.3) is 0 Å². The Labute approximate surface area is 86.5 Å². The monoisotopic (exact) mass is 195 g/mol. The maximum Gasteiger partial charge on any atom is 0.0518 e. The van der Waals surface area contributed by atoms with Crippen LogP contribution in [0, 0.1) is 12.8 Å². The minimum Gasteiger partial charge on any atom is -0.316 e. The topological polar surface area (TPSA) is 29.9 Å². The molecule has 0 aromatic carbocycles. The average Bonchev–Trinajstić information content (AvgIpc) is 2.52. The Morgan fingerprint density at radius 2 is 2.36 bits per heavy atom. The highest BCUT2D eigenvalue weighted by Crippen LogP contribution is 2.00. The molecule has 0 bridgehead atoms. The van der Waals surface area contributed by atoms with Gasteiger partial charge in [0, 0.05) is 12.7 Å². The average molecular weight is 195 g/mol. The lowest BCUT2D eigenvalue weighted by molar-refractivity contribution is 0.422. The predicted octanol–water partition coefficient (Wildman–Crippen LogP) is 1.83. The third-order valence-electron chi connectivity index (χ3n) is 2.18. The molecular weight excluding hydrogens is 174 g/mol. The van der Waals surface area contributed by atoms with Crippen molar-refractivity contribution in [3.8, 4) is 0 Å². The SMILES string of the molecule is CCCNCC(C)Cn1cc(C)cn1. The molecule has 0 aliphatic rings. The van der Waals surface area contributed by atoms with Gasteiger partial charge in [-0.05, 0) is 37.9 Å². The second-order valence-corrected chi connectivity index (χ2v) is 4.05. The molecule has 80 valence electrons. The van der Waals surface area contributed by atoms with Gasteiger partial charge in [-0.1, -0.05) is 13.8 Å². The zero-order chi connectivity index (χ0) is 10.4. The van der Waals surface area contributed by atoms with Crippen molar-refractivity contribution in [2.75, 3.05) is 13.1 Å². The number of aromatic nitrogens is 2. The quantitative estimate of drug-likeness (QED) is 0.702. The standard InChI is InChI=1S/C11H21N3/c1-4-5-12-6-10(2)8-14-9-11(3)7-13-14/h7,9-10,12H,4-6,8H2,1-3H3. The minimum atomic E-state index is 0.640. The Morgan fingerprint density at radius 1 is 1.57 bits per heavy atom. The molecule has 1 heterocycles. The summed E-state index contributed by atoms with van der Waals surface area (Å²) in [4.78, 5) is 0. The fourth-order valence-corrected chi connectivity index (χ4v) is 1.48. The van der Waals surface area contributed by atoms with E-state index in [0.717, 1.165) is 19.6 Å². The zero-order valence-electron chi connectivity index (χ0n) is 9.45. The Kier molecular flexibility index (Phi) is 4.66. The molecule has 0 aliphatic heterocycles. The van der Waals surface area contributed by atoms with E-state index in [1.54, 1.807) is 0 Å². The van der Waals surface area contributed by atoms with Crippen LogP contribution in [0.3, 0.4) is 0 Å². The van der Waals surface area contributed by atoms with Gasteiger partial charge in [-0.3, -0.25) is 4.68 Å². The van der Waals surface area contributed by atoms with Crippen LogP contribution in [0.2, 0.25) is 0 Å². The molecule has 1 aromatic heterocycles. The molecule has 1 N–H and O–H groups in total. The Morgan fingerprint density at radius 3 is 2.93 bits per heavy atom. The normalized spacial score (nSPS) is 13.1. The van der Waals surface area contributed by atoms with Crippen LogP contribution in [0.15, 0.2) is 12.4 Å². The van der Waals surface area contributed by atoms with Crippen molar-refractivity contribution in [1.82, 2.24) is 15.1 Å². The number of nitrogens with one attached hydrogen (secondary N) is 1. The number of aryl methyl sites for hydroxylation is 1. The smallest absolute Gasteiger partial charge is 0.0518 e. The highest BCUT2D eigenvalue weighted by atomic mass is 15.3. The fourth-order valence-electron chi connectivity index (χ4n) is 1.48. The van der Waals surface area contributed by atoms with Gasteiger partial charge in [-0.25, -0.2) is 0 Å². The van der Waals surface area contributed by atoms with Gasteiger partial charge in [0.1, 0.15) is 0 Å². The zero-order valence-corrected chi connectivity index (χ0v) is 9.45. The van der Waals surface area contributed by atoms with Crippen LogP contribution in [-0.2, 0) is 6.54 Å². The van der Waals surface area contributed by atoms with E-state index in [4.69, 9.17) is 0 Å². The summed E-state index contributed by atoms with van der Waals surface area (Å²) in [5.41, 5.74) is 1.23. The van der Waals surface area contributed by atoms with Crippen molar-refractivity contribution < 1.29 is 0 Å². The molecule has 14 heavy (non-hydrogen) atoms. The third kappa shape index (κ3) is 3.92. The molecule has 1 rings (SSSR count). The van der Waals surface area contributed by atoms with Crippen molar-refractivity contribution in [2.24, 2.45) is 5.92 Å². The largest absolute Gasteiger partial charge is 0.316 e. The van der Waals surface area contributed by atoms with Crippen LogP contribution in [0.1, 0.15) is 25.8 Å². The van der Waals surface area contributed by atoms with Crippen LogP contribution in [-0.4, -0.2) is 22.9 Å². The molecule has 0 saturated heterocycles. The maximum atomic E-state index is 4.27. The van der Waals surface area contributed by atoms with E-state index < -0.39 is 0 Å². The van der Waals surface area contributed by atoms with Crippen LogP contribution in [0.4, 0.5) is 0 Å². The number of hydrogen-bond donors (Lipinski definition) is 1. The number of rotatable bonds is 6. The third-order valence-corrected chi connectivity index (χ3v) is 2.18. The number of hydrogen-bond acceptors (Lipinski definition) is 2. The van der Waals surface area contributed by atoms with E-state index in [-0.39, 0.29) is 0 Å². The molecule has 0 fully saturated rings. The summed E-state index contributed by atoms with van der Waals surface area (Å²) in [5.74, 6) is 0.640. The first-order valence-electron chi connectivity index (χ1n) is 5.42. The molecule has 0 amide bonds. The van der Waals surface area contributed by atoms with Gasteiger partial charge in [-0.2, -0.15) is 5.10 Å². The predicted molar refractivity (Wildman–Crippen MR) is 59.3 cm³/mol. The summed E-state index contributed by atoms with van der Waals surface area (Å²) in [6.07, 6.45) is 5.20. The first-order chi connectivity index (χ1) is 6.72.